The fourth-order valence-corrected chi connectivity index (χ4v) is 2.55. The lowest BCUT2D eigenvalue weighted by Crippen LogP contribution is -2.08. The van der Waals surface area contributed by atoms with E-state index in [9.17, 15) is 18.0 Å². The van der Waals surface area contributed by atoms with Gasteiger partial charge in [-0.2, -0.15) is 13.2 Å². The summed E-state index contributed by atoms with van der Waals surface area (Å²) in [6, 6.07) is 7.96. The molecule has 0 saturated carbocycles. The number of aromatic carboxylic acids is 1. The molecule has 0 amide bonds. The van der Waals surface area contributed by atoms with Crippen LogP contribution < -0.4 is 0 Å². The first-order valence-corrected chi connectivity index (χ1v) is 6.23. The molecular weight excluding hydrogens is 291 g/mol. The van der Waals surface area contributed by atoms with Crippen molar-refractivity contribution in [2.24, 2.45) is 0 Å². The Labute approximate surface area is 116 Å². The molecule has 0 aliphatic carbocycles. The van der Waals surface area contributed by atoms with Gasteiger partial charge >= 0.3 is 12.1 Å². The highest BCUT2D eigenvalue weighted by atomic mass is 32.2. The molecule has 20 heavy (non-hydrogen) atoms. The van der Waals surface area contributed by atoms with Crippen LogP contribution in [0.25, 0.3) is 0 Å². The minimum atomic E-state index is -4.53. The molecule has 0 unspecified atom stereocenters. The predicted molar refractivity (Wildman–Crippen MR) is 66.8 cm³/mol. The fraction of sp³-hybridized carbons (Fsp3) is 0.0769. The Balaban J connectivity index is 2.44. The molecule has 0 aliphatic rings. The Morgan fingerprint density at radius 2 is 1.85 bits per heavy atom. The number of carboxylic acid groups (broad SMARTS) is 1. The van der Waals surface area contributed by atoms with E-state index in [0.29, 0.717) is 11.8 Å². The third-order valence-corrected chi connectivity index (χ3v) is 3.50. The van der Waals surface area contributed by atoms with Gasteiger partial charge in [0.25, 0.3) is 0 Å². The van der Waals surface area contributed by atoms with E-state index in [2.05, 4.69) is 4.98 Å². The van der Waals surface area contributed by atoms with Crippen molar-refractivity contribution in [3.05, 3.63) is 53.7 Å². The van der Waals surface area contributed by atoms with Crippen molar-refractivity contribution < 1.29 is 23.1 Å². The van der Waals surface area contributed by atoms with Crippen LogP contribution in [0, 0.1) is 0 Å². The summed E-state index contributed by atoms with van der Waals surface area (Å²) in [4.78, 5) is 14.9. The molecule has 104 valence electrons. The first-order chi connectivity index (χ1) is 9.39. The minimum absolute atomic E-state index is 0.0590. The number of rotatable bonds is 3. The second kappa shape index (κ2) is 5.54. The second-order valence-electron chi connectivity index (χ2n) is 3.76. The minimum Gasteiger partial charge on any atom is -0.478 e. The van der Waals surface area contributed by atoms with Gasteiger partial charge in [-0.15, -0.1) is 0 Å². The number of hydrogen-bond donors (Lipinski definition) is 1. The Morgan fingerprint density at radius 3 is 2.50 bits per heavy atom. The summed E-state index contributed by atoms with van der Waals surface area (Å²) in [6.45, 7) is 0. The quantitative estimate of drug-likeness (QED) is 0.932. The van der Waals surface area contributed by atoms with Crippen LogP contribution in [-0.2, 0) is 6.18 Å². The van der Waals surface area contributed by atoms with E-state index in [1.54, 1.807) is 6.07 Å². The van der Waals surface area contributed by atoms with Crippen LogP contribution in [0.4, 0.5) is 13.2 Å². The predicted octanol–water partition coefficient (Wildman–Crippen LogP) is 3.95. The summed E-state index contributed by atoms with van der Waals surface area (Å²) in [5, 5.41) is 8.75. The highest BCUT2D eigenvalue weighted by molar-refractivity contribution is 7.99. The normalized spacial score (nSPS) is 11.3. The molecule has 1 aromatic heterocycles. The molecule has 0 fully saturated rings. The summed E-state index contributed by atoms with van der Waals surface area (Å²) < 4.78 is 38.5. The van der Waals surface area contributed by atoms with Gasteiger partial charge in [0, 0.05) is 11.1 Å². The maximum Gasteiger partial charge on any atom is 0.419 e. The van der Waals surface area contributed by atoms with Crippen molar-refractivity contribution in [2.45, 2.75) is 16.1 Å². The average molecular weight is 299 g/mol. The number of aromatic nitrogens is 1. The van der Waals surface area contributed by atoms with Crippen LogP contribution in [0.5, 0.6) is 0 Å². The molecule has 0 atom stereocenters. The lowest BCUT2D eigenvalue weighted by Gasteiger charge is -2.11. The van der Waals surface area contributed by atoms with E-state index in [1.807, 2.05) is 0 Å². The van der Waals surface area contributed by atoms with Crippen LogP contribution in [-0.4, -0.2) is 16.1 Å². The molecular formula is C13H8F3NO2S. The van der Waals surface area contributed by atoms with Crippen molar-refractivity contribution in [3.8, 4) is 0 Å². The Kier molecular flexibility index (Phi) is 3.99. The molecule has 1 heterocycles. The third-order valence-electron chi connectivity index (χ3n) is 2.40. The molecule has 2 rings (SSSR count). The van der Waals surface area contributed by atoms with Gasteiger partial charge in [-0.3, -0.25) is 0 Å². The number of pyridine rings is 1. The first-order valence-electron chi connectivity index (χ1n) is 5.42. The van der Waals surface area contributed by atoms with Crippen molar-refractivity contribution in [2.75, 3.05) is 0 Å². The summed E-state index contributed by atoms with van der Waals surface area (Å²) in [5.41, 5.74) is -0.943. The standard InChI is InChI=1S/C13H8F3NO2S/c14-13(15,16)9-5-3-7-17-11(9)20-10-6-2-1-4-8(10)12(18)19/h1-7H,(H,18,19). The zero-order chi connectivity index (χ0) is 14.8. The van der Waals surface area contributed by atoms with Crippen LogP contribution in [0.1, 0.15) is 15.9 Å². The molecule has 0 aliphatic heterocycles. The maximum absolute atomic E-state index is 12.8. The number of benzene rings is 1. The van der Waals surface area contributed by atoms with Crippen LogP contribution in [0.3, 0.4) is 0 Å². The molecule has 0 spiro atoms. The van der Waals surface area contributed by atoms with Gasteiger partial charge in [-0.25, -0.2) is 9.78 Å². The Hall–Kier alpha value is -2.02. The monoisotopic (exact) mass is 299 g/mol. The molecule has 0 bridgehead atoms. The largest absolute Gasteiger partial charge is 0.478 e. The van der Waals surface area contributed by atoms with E-state index in [-0.39, 0.29) is 15.5 Å². The van der Waals surface area contributed by atoms with Crippen molar-refractivity contribution in [1.82, 2.24) is 4.98 Å². The van der Waals surface area contributed by atoms with Crippen molar-refractivity contribution in [1.29, 1.82) is 0 Å². The van der Waals surface area contributed by atoms with Gasteiger partial charge in [-0.1, -0.05) is 23.9 Å². The number of carboxylic acids is 1. The van der Waals surface area contributed by atoms with Crippen molar-refractivity contribution >= 4 is 17.7 Å². The second-order valence-corrected chi connectivity index (χ2v) is 4.79. The zero-order valence-electron chi connectivity index (χ0n) is 9.89. The average Bonchev–Trinajstić information content (AvgIpc) is 2.38. The third kappa shape index (κ3) is 3.11. The topological polar surface area (TPSA) is 50.2 Å². The molecule has 7 heteroatoms. The van der Waals surface area contributed by atoms with Crippen LogP contribution in [0.15, 0.2) is 52.5 Å². The Bertz CT molecular complexity index is 644. The fourth-order valence-electron chi connectivity index (χ4n) is 1.52. The van der Waals surface area contributed by atoms with Gasteiger partial charge < -0.3 is 5.11 Å². The molecule has 1 N–H and O–H groups in total. The van der Waals surface area contributed by atoms with Gasteiger partial charge in [0.1, 0.15) is 5.03 Å². The highest BCUT2D eigenvalue weighted by Gasteiger charge is 2.34. The molecule has 2 aromatic rings. The summed E-state index contributed by atoms with van der Waals surface area (Å²) >= 11 is 0.684. The van der Waals surface area contributed by atoms with Gasteiger partial charge in [0.15, 0.2) is 0 Å². The van der Waals surface area contributed by atoms with Gasteiger partial charge in [0.2, 0.25) is 0 Å². The number of alkyl halides is 3. The van der Waals surface area contributed by atoms with E-state index in [4.69, 9.17) is 5.11 Å². The van der Waals surface area contributed by atoms with Crippen LogP contribution >= 0.6 is 11.8 Å². The SMILES string of the molecule is O=C(O)c1ccccc1Sc1ncccc1C(F)(F)F. The number of nitrogens with zero attached hydrogens (tertiary/aromatic N) is 1. The lowest BCUT2D eigenvalue weighted by atomic mass is 10.2. The van der Waals surface area contributed by atoms with E-state index >= 15 is 0 Å². The molecule has 0 saturated heterocycles. The van der Waals surface area contributed by atoms with E-state index in [0.717, 1.165) is 6.07 Å². The summed E-state index contributed by atoms with van der Waals surface area (Å²) in [6.07, 6.45) is -3.30. The molecule has 3 nitrogen and oxygen atoms in total. The number of carbonyl (C=O) groups is 1. The highest BCUT2D eigenvalue weighted by Crippen LogP contribution is 2.38. The van der Waals surface area contributed by atoms with Crippen molar-refractivity contribution in [3.63, 3.8) is 0 Å². The maximum atomic E-state index is 12.8. The Morgan fingerprint density at radius 1 is 1.15 bits per heavy atom. The van der Waals surface area contributed by atoms with E-state index < -0.39 is 17.7 Å². The summed E-state index contributed by atoms with van der Waals surface area (Å²) in [7, 11) is 0. The smallest absolute Gasteiger partial charge is 0.419 e. The molecule has 0 radical (unpaired) electrons. The molecule has 1 aromatic carbocycles. The number of halogens is 3. The first kappa shape index (κ1) is 14.4. The summed E-state index contributed by atoms with van der Waals surface area (Å²) in [5.74, 6) is -1.20. The van der Waals surface area contributed by atoms with Crippen LogP contribution in [0.2, 0.25) is 0 Å². The van der Waals surface area contributed by atoms with E-state index in [1.165, 1.54) is 30.5 Å². The zero-order valence-corrected chi connectivity index (χ0v) is 10.7. The van der Waals surface area contributed by atoms with Gasteiger partial charge in [-0.05, 0) is 24.3 Å². The number of hydrogen-bond acceptors (Lipinski definition) is 3. The van der Waals surface area contributed by atoms with Gasteiger partial charge in [0.05, 0.1) is 11.1 Å². The lowest BCUT2D eigenvalue weighted by molar-refractivity contribution is -0.140.